The molecule has 0 aromatic heterocycles. The van der Waals surface area contributed by atoms with Gasteiger partial charge in [-0.05, 0) is 24.5 Å². The second kappa shape index (κ2) is 7.96. The van der Waals surface area contributed by atoms with Crippen molar-refractivity contribution >= 4 is 12.2 Å². The summed E-state index contributed by atoms with van der Waals surface area (Å²) in [6.07, 6.45) is 11.8. The maximum atomic E-state index is 2.24. The van der Waals surface area contributed by atoms with Gasteiger partial charge in [-0.25, -0.2) is 0 Å². The second-order valence-electron chi connectivity index (χ2n) is 4.74. The zero-order valence-electron chi connectivity index (χ0n) is 11.9. The van der Waals surface area contributed by atoms with Gasteiger partial charge in [0.2, 0.25) is 0 Å². The van der Waals surface area contributed by atoms with E-state index in [2.05, 4.69) is 85.8 Å². The van der Waals surface area contributed by atoms with E-state index in [4.69, 9.17) is 0 Å². The highest BCUT2D eigenvalue weighted by Crippen LogP contribution is 2.07. The molecule has 2 rings (SSSR count). The Labute approximate surface area is 121 Å². The van der Waals surface area contributed by atoms with E-state index in [0.717, 1.165) is 6.42 Å². The lowest BCUT2D eigenvalue weighted by molar-refractivity contribution is 1.34. The van der Waals surface area contributed by atoms with Crippen molar-refractivity contribution in [3.05, 3.63) is 95.6 Å². The molecule has 0 aliphatic carbocycles. The van der Waals surface area contributed by atoms with Crippen molar-refractivity contribution in [3.8, 4) is 0 Å². The highest BCUT2D eigenvalue weighted by molar-refractivity contribution is 5.52. The first-order valence-corrected chi connectivity index (χ1v) is 6.96. The molecular weight excluding hydrogens is 240 g/mol. The Balaban J connectivity index is 1.85. The van der Waals surface area contributed by atoms with Gasteiger partial charge in [-0.1, -0.05) is 96.6 Å². The Kier molecular flexibility index (Phi) is 5.60. The fourth-order valence-electron chi connectivity index (χ4n) is 1.88. The van der Waals surface area contributed by atoms with Crippen molar-refractivity contribution in [2.75, 3.05) is 0 Å². The lowest BCUT2D eigenvalue weighted by atomic mass is 10.1. The summed E-state index contributed by atoms with van der Waals surface area (Å²) >= 11 is 0. The first-order valence-electron chi connectivity index (χ1n) is 6.96. The van der Waals surface area contributed by atoms with E-state index in [1.807, 2.05) is 12.1 Å². The zero-order valence-corrected chi connectivity index (χ0v) is 11.9. The Bertz CT molecular complexity index is 586. The van der Waals surface area contributed by atoms with Crippen molar-refractivity contribution in [1.82, 2.24) is 0 Å². The standard InChI is InChI=1S/C20H20/c1-18(16-17-20-13-6-3-7-14-20)10-8-9-15-19-11-4-2-5-12-19/h2-7,9-17H,8H2,1H3. The largest absolute Gasteiger partial charge is 0.0801 e. The van der Waals surface area contributed by atoms with Gasteiger partial charge in [-0.15, -0.1) is 0 Å². The molecule has 0 bridgehead atoms. The number of benzene rings is 2. The zero-order chi connectivity index (χ0) is 14.0. The van der Waals surface area contributed by atoms with Gasteiger partial charge in [-0.2, -0.15) is 0 Å². The average molecular weight is 260 g/mol. The molecule has 2 aromatic rings. The fourth-order valence-corrected chi connectivity index (χ4v) is 1.88. The molecule has 2 aromatic carbocycles. The van der Waals surface area contributed by atoms with E-state index in [-0.39, 0.29) is 0 Å². The van der Waals surface area contributed by atoms with Crippen molar-refractivity contribution in [2.24, 2.45) is 0 Å². The van der Waals surface area contributed by atoms with E-state index in [1.54, 1.807) is 0 Å². The molecule has 0 unspecified atom stereocenters. The first-order chi connectivity index (χ1) is 9.84. The molecule has 0 fully saturated rings. The molecule has 100 valence electrons. The van der Waals surface area contributed by atoms with Crippen LogP contribution in [0, 0.1) is 0 Å². The summed E-state index contributed by atoms with van der Waals surface area (Å²) in [5.41, 5.74) is 3.77. The number of rotatable bonds is 5. The third kappa shape index (κ3) is 5.11. The van der Waals surface area contributed by atoms with E-state index in [1.165, 1.54) is 16.7 Å². The van der Waals surface area contributed by atoms with E-state index >= 15 is 0 Å². The first kappa shape index (κ1) is 14.1. The van der Waals surface area contributed by atoms with Crippen molar-refractivity contribution in [1.29, 1.82) is 0 Å². The van der Waals surface area contributed by atoms with Crippen LogP contribution in [0.15, 0.2) is 84.5 Å². The summed E-state index contributed by atoms with van der Waals surface area (Å²) < 4.78 is 0. The van der Waals surface area contributed by atoms with E-state index in [0.29, 0.717) is 0 Å². The van der Waals surface area contributed by atoms with Gasteiger partial charge in [0.05, 0.1) is 0 Å². The molecule has 20 heavy (non-hydrogen) atoms. The molecule has 0 atom stereocenters. The van der Waals surface area contributed by atoms with Crippen LogP contribution in [0.5, 0.6) is 0 Å². The molecule has 0 heterocycles. The molecule has 0 saturated carbocycles. The minimum absolute atomic E-state index is 0.958. The number of hydrogen-bond acceptors (Lipinski definition) is 0. The maximum absolute atomic E-state index is 2.24. The molecule has 0 spiro atoms. The SMILES string of the molecule is CC(C=Cc1ccccc1)=CCC=Cc1ccccc1. The monoisotopic (exact) mass is 260 g/mol. The molecule has 0 heteroatoms. The summed E-state index contributed by atoms with van der Waals surface area (Å²) in [6, 6.07) is 20.8. The number of allylic oxidation sites excluding steroid dienone is 4. The summed E-state index contributed by atoms with van der Waals surface area (Å²) in [5.74, 6) is 0. The van der Waals surface area contributed by atoms with Crippen LogP contribution in [0.3, 0.4) is 0 Å². The van der Waals surface area contributed by atoms with Crippen molar-refractivity contribution in [3.63, 3.8) is 0 Å². The smallest absolute Gasteiger partial charge is 0.0160 e. The van der Waals surface area contributed by atoms with Crippen LogP contribution in [-0.4, -0.2) is 0 Å². The van der Waals surface area contributed by atoms with Crippen molar-refractivity contribution < 1.29 is 0 Å². The molecule has 0 N–H and O–H groups in total. The van der Waals surface area contributed by atoms with Gasteiger partial charge in [0.15, 0.2) is 0 Å². The molecule has 0 aliphatic rings. The second-order valence-corrected chi connectivity index (χ2v) is 4.74. The normalized spacial score (nSPS) is 12.3. The third-order valence-corrected chi connectivity index (χ3v) is 3.02. The van der Waals surface area contributed by atoms with Gasteiger partial charge in [0, 0.05) is 0 Å². The van der Waals surface area contributed by atoms with Crippen LogP contribution >= 0.6 is 0 Å². The highest BCUT2D eigenvalue weighted by Gasteiger charge is 1.85. The van der Waals surface area contributed by atoms with Crippen LogP contribution < -0.4 is 0 Å². The molecule has 0 aliphatic heterocycles. The minimum atomic E-state index is 0.958. The topological polar surface area (TPSA) is 0 Å². The molecule has 0 nitrogen and oxygen atoms in total. The highest BCUT2D eigenvalue weighted by atomic mass is 13.9. The van der Waals surface area contributed by atoms with Crippen LogP contribution in [0.25, 0.3) is 12.2 Å². The fraction of sp³-hybridized carbons (Fsp3) is 0.100. The summed E-state index contributed by atoms with van der Waals surface area (Å²) in [5, 5.41) is 0. The average Bonchev–Trinajstić information content (AvgIpc) is 2.52. The third-order valence-electron chi connectivity index (χ3n) is 3.02. The molecular formula is C20H20. The summed E-state index contributed by atoms with van der Waals surface area (Å²) in [7, 11) is 0. The van der Waals surface area contributed by atoms with Gasteiger partial charge >= 0.3 is 0 Å². The lowest BCUT2D eigenvalue weighted by Crippen LogP contribution is -1.72. The van der Waals surface area contributed by atoms with Crippen LogP contribution in [0.2, 0.25) is 0 Å². The Morgan fingerprint density at radius 2 is 1.35 bits per heavy atom. The van der Waals surface area contributed by atoms with Gasteiger partial charge in [0.25, 0.3) is 0 Å². The molecule has 0 amide bonds. The predicted molar refractivity (Wildman–Crippen MR) is 89.3 cm³/mol. The van der Waals surface area contributed by atoms with Crippen molar-refractivity contribution in [2.45, 2.75) is 13.3 Å². The van der Waals surface area contributed by atoms with Gasteiger partial charge in [0.1, 0.15) is 0 Å². The quantitative estimate of drug-likeness (QED) is 0.600. The van der Waals surface area contributed by atoms with Crippen LogP contribution in [-0.2, 0) is 0 Å². The van der Waals surface area contributed by atoms with E-state index < -0.39 is 0 Å². The molecule has 0 radical (unpaired) electrons. The Morgan fingerprint density at radius 1 is 0.800 bits per heavy atom. The minimum Gasteiger partial charge on any atom is -0.0801 e. The summed E-state index contributed by atoms with van der Waals surface area (Å²) in [6.45, 7) is 2.13. The van der Waals surface area contributed by atoms with E-state index in [9.17, 15) is 0 Å². The van der Waals surface area contributed by atoms with Crippen LogP contribution in [0.4, 0.5) is 0 Å². The maximum Gasteiger partial charge on any atom is -0.0160 e. The number of hydrogen-bond donors (Lipinski definition) is 0. The van der Waals surface area contributed by atoms with Crippen LogP contribution in [0.1, 0.15) is 24.5 Å². The Morgan fingerprint density at radius 3 is 1.95 bits per heavy atom. The predicted octanol–water partition coefficient (Wildman–Crippen LogP) is 5.75. The van der Waals surface area contributed by atoms with Gasteiger partial charge < -0.3 is 0 Å². The lowest BCUT2D eigenvalue weighted by Gasteiger charge is -1.94. The molecule has 0 saturated heterocycles. The van der Waals surface area contributed by atoms with Gasteiger partial charge in [-0.3, -0.25) is 0 Å². The summed E-state index contributed by atoms with van der Waals surface area (Å²) in [4.78, 5) is 0. The Hall–Kier alpha value is -2.34.